The van der Waals surface area contributed by atoms with Gasteiger partial charge in [0.25, 0.3) is 0 Å². The first-order valence-electron chi connectivity index (χ1n) is 8.12. The van der Waals surface area contributed by atoms with E-state index < -0.39 is 6.09 Å². The summed E-state index contributed by atoms with van der Waals surface area (Å²) in [6, 6.07) is 9.20. The number of ether oxygens (including phenoxy) is 1. The van der Waals surface area contributed by atoms with Gasteiger partial charge in [0.05, 0.1) is 25.0 Å². The molecule has 25 heavy (non-hydrogen) atoms. The minimum absolute atomic E-state index is 0.137. The number of hydrogen-bond acceptors (Lipinski definition) is 5. The second-order valence-corrected chi connectivity index (χ2v) is 5.92. The Hall–Kier alpha value is -2.90. The van der Waals surface area contributed by atoms with E-state index in [0.717, 1.165) is 5.56 Å². The second kappa shape index (κ2) is 9.41. The van der Waals surface area contributed by atoms with E-state index in [1.165, 1.54) is 4.80 Å². The predicted molar refractivity (Wildman–Crippen MR) is 91.4 cm³/mol. The summed E-state index contributed by atoms with van der Waals surface area (Å²) in [5.74, 6) is -0.0949. The molecule has 0 aliphatic carbocycles. The fraction of sp³-hybridized carbons (Fsp3) is 0.412. The highest BCUT2D eigenvalue weighted by Crippen LogP contribution is 2.04. The molecule has 1 heterocycles. The lowest BCUT2D eigenvalue weighted by Crippen LogP contribution is -2.46. The maximum absolute atomic E-state index is 12.0. The molecule has 1 atom stereocenters. The number of rotatable bonds is 8. The zero-order valence-electron chi connectivity index (χ0n) is 14.4. The average molecular weight is 345 g/mol. The number of aromatic nitrogens is 3. The van der Waals surface area contributed by atoms with Crippen LogP contribution < -0.4 is 10.6 Å². The number of nitrogens with one attached hydrogen (secondary N) is 2. The molecule has 0 spiro atoms. The lowest BCUT2D eigenvalue weighted by atomic mass is 10.0. The third kappa shape index (κ3) is 6.62. The van der Waals surface area contributed by atoms with Crippen molar-refractivity contribution in [2.24, 2.45) is 5.92 Å². The van der Waals surface area contributed by atoms with Crippen LogP contribution in [0.15, 0.2) is 42.7 Å². The van der Waals surface area contributed by atoms with Crippen molar-refractivity contribution in [1.29, 1.82) is 0 Å². The largest absolute Gasteiger partial charge is 0.445 e. The van der Waals surface area contributed by atoms with Gasteiger partial charge in [0.2, 0.25) is 5.91 Å². The van der Waals surface area contributed by atoms with E-state index in [-0.39, 0.29) is 31.0 Å². The molecule has 1 aromatic carbocycles. The van der Waals surface area contributed by atoms with Crippen molar-refractivity contribution in [3.63, 3.8) is 0 Å². The van der Waals surface area contributed by atoms with Gasteiger partial charge in [-0.15, -0.1) is 0 Å². The summed E-state index contributed by atoms with van der Waals surface area (Å²) in [7, 11) is 0. The number of amides is 2. The molecule has 0 aliphatic rings. The molecule has 134 valence electrons. The van der Waals surface area contributed by atoms with Gasteiger partial charge in [-0.25, -0.2) is 4.79 Å². The molecular weight excluding hydrogens is 322 g/mol. The molecule has 8 heteroatoms. The van der Waals surface area contributed by atoms with E-state index in [0.29, 0.717) is 6.54 Å². The Kier molecular flexibility index (Phi) is 6.94. The van der Waals surface area contributed by atoms with Crippen LogP contribution in [-0.2, 0) is 22.7 Å². The van der Waals surface area contributed by atoms with Crippen LogP contribution in [0.2, 0.25) is 0 Å². The average Bonchev–Trinajstić information content (AvgIpc) is 3.11. The van der Waals surface area contributed by atoms with Gasteiger partial charge in [-0.05, 0) is 11.5 Å². The van der Waals surface area contributed by atoms with Gasteiger partial charge in [-0.2, -0.15) is 15.0 Å². The summed E-state index contributed by atoms with van der Waals surface area (Å²) in [5, 5.41) is 13.4. The summed E-state index contributed by atoms with van der Waals surface area (Å²) in [4.78, 5) is 25.2. The van der Waals surface area contributed by atoms with E-state index in [1.54, 1.807) is 12.4 Å². The van der Waals surface area contributed by atoms with E-state index in [2.05, 4.69) is 20.8 Å². The molecule has 8 nitrogen and oxygen atoms in total. The predicted octanol–water partition coefficient (Wildman–Crippen LogP) is 1.35. The standard InChI is InChI=1S/C17H23N5O3/c1-13(2)15(11-22-19-8-9-20-22)21-16(23)10-18-17(24)25-12-14-6-4-3-5-7-14/h3-9,13,15H,10-12H2,1-2H3,(H,18,24)(H,21,23)/t15-/m1/s1. The highest BCUT2D eigenvalue weighted by atomic mass is 16.5. The normalized spacial score (nSPS) is 11.8. The quantitative estimate of drug-likeness (QED) is 0.752. The van der Waals surface area contributed by atoms with Crippen molar-refractivity contribution in [1.82, 2.24) is 25.6 Å². The van der Waals surface area contributed by atoms with Gasteiger partial charge < -0.3 is 15.4 Å². The van der Waals surface area contributed by atoms with Crippen LogP contribution in [0, 0.1) is 5.92 Å². The highest BCUT2D eigenvalue weighted by molar-refractivity contribution is 5.82. The van der Waals surface area contributed by atoms with Crippen LogP contribution in [0.3, 0.4) is 0 Å². The third-order valence-electron chi connectivity index (χ3n) is 3.58. The summed E-state index contributed by atoms with van der Waals surface area (Å²) in [6.07, 6.45) is 2.54. The van der Waals surface area contributed by atoms with Gasteiger partial charge >= 0.3 is 6.09 Å². The Morgan fingerprint density at radius 2 is 1.84 bits per heavy atom. The fourth-order valence-electron chi connectivity index (χ4n) is 2.12. The second-order valence-electron chi connectivity index (χ2n) is 5.92. The van der Waals surface area contributed by atoms with Crippen LogP contribution in [-0.4, -0.2) is 39.6 Å². The third-order valence-corrected chi connectivity index (χ3v) is 3.58. The van der Waals surface area contributed by atoms with Crippen molar-refractivity contribution >= 4 is 12.0 Å². The van der Waals surface area contributed by atoms with E-state index in [1.807, 2.05) is 44.2 Å². The summed E-state index contributed by atoms with van der Waals surface area (Å²) in [6.45, 7) is 4.47. The molecule has 0 bridgehead atoms. The lowest BCUT2D eigenvalue weighted by molar-refractivity contribution is -0.121. The molecule has 1 aromatic heterocycles. The van der Waals surface area contributed by atoms with E-state index >= 15 is 0 Å². The van der Waals surface area contributed by atoms with Crippen LogP contribution >= 0.6 is 0 Å². The zero-order chi connectivity index (χ0) is 18.1. The first kappa shape index (κ1) is 18.4. The monoisotopic (exact) mass is 345 g/mol. The van der Waals surface area contributed by atoms with Gasteiger partial charge in [-0.3, -0.25) is 4.79 Å². The van der Waals surface area contributed by atoms with Crippen molar-refractivity contribution in [3.8, 4) is 0 Å². The van der Waals surface area contributed by atoms with Crippen LogP contribution in [0.4, 0.5) is 4.79 Å². The Bertz CT molecular complexity index is 658. The molecule has 2 N–H and O–H groups in total. The van der Waals surface area contributed by atoms with Crippen molar-refractivity contribution in [2.75, 3.05) is 6.54 Å². The molecule has 0 aliphatic heterocycles. The molecule has 2 amide bonds. The van der Waals surface area contributed by atoms with Crippen molar-refractivity contribution in [3.05, 3.63) is 48.3 Å². The first-order valence-corrected chi connectivity index (χ1v) is 8.12. The van der Waals surface area contributed by atoms with Gasteiger partial charge in [0.1, 0.15) is 13.2 Å². The Labute approximate surface area is 146 Å². The Morgan fingerprint density at radius 3 is 2.48 bits per heavy atom. The number of hydrogen-bond donors (Lipinski definition) is 2. The molecule has 0 saturated carbocycles. The SMILES string of the molecule is CC(C)[C@@H](Cn1nccn1)NC(=O)CNC(=O)OCc1ccccc1. The highest BCUT2D eigenvalue weighted by Gasteiger charge is 2.18. The van der Waals surface area contributed by atoms with Gasteiger partial charge in [0, 0.05) is 0 Å². The number of alkyl carbamates (subject to hydrolysis) is 1. The Morgan fingerprint density at radius 1 is 1.16 bits per heavy atom. The molecule has 0 unspecified atom stereocenters. The molecule has 0 fully saturated rings. The van der Waals surface area contributed by atoms with Gasteiger partial charge in [0.15, 0.2) is 0 Å². The van der Waals surface area contributed by atoms with E-state index in [4.69, 9.17) is 4.74 Å². The lowest BCUT2D eigenvalue weighted by Gasteiger charge is -2.21. The summed E-state index contributed by atoms with van der Waals surface area (Å²) in [5.41, 5.74) is 0.883. The molecule has 2 aromatic rings. The first-order chi connectivity index (χ1) is 12.0. The van der Waals surface area contributed by atoms with Crippen LogP contribution in [0.1, 0.15) is 19.4 Å². The number of nitrogens with zero attached hydrogens (tertiary/aromatic N) is 3. The van der Waals surface area contributed by atoms with Crippen LogP contribution in [0.25, 0.3) is 0 Å². The number of carbonyl (C=O) groups is 2. The maximum Gasteiger partial charge on any atom is 0.407 e. The molecule has 2 rings (SSSR count). The topological polar surface area (TPSA) is 98.1 Å². The van der Waals surface area contributed by atoms with Crippen molar-refractivity contribution in [2.45, 2.75) is 33.0 Å². The summed E-state index contributed by atoms with van der Waals surface area (Å²) < 4.78 is 5.06. The summed E-state index contributed by atoms with van der Waals surface area (Å²) >= 11 is 0. The Balaban J connectivity index is 1.71. The number of carbonyl (C=O) groups excluding carboxylic acids is 2. The molecule has 0 radical (unpaired) electrons. The minimum Gasteiger partial charge on any atom is -0.445 e. The molecular formula is C17H23N5O3. The fourth-order valence-corrected chi connectivity index (χ4v) is 2.12. The minimum atomic E-state index is -0.631. The maximum atomic E-state index is 12.0. The molecule has 0 saturated heterocycles. The smallest absolute Gasteiger partial charge is 0.407 e. The van der Waals surface area contributed by atoms with Crippen LogP contribution in [0.5, 0.6) is 0 Å². The zero-order valence-corrected chi connectivity index (χ0v) is 14.4. The number of benzene rings is 1. The van der Waals surface area contributed by atoms with E-state index in [9.17, 15) is 9.59 Å². The van der Waals surface area contributed by atoms with Crippen molar-refractivity contribution < 1.29 is 14.3 Å². The van der Waals surface area contributed by atoms with Gasteiger partial charge in [-0.1, -0.05) is 44.2 Å².